The average Bonchev–Trinajstić information content (AvgIpc) is 1.85. The van der Waals surface area contributed by atoms with E-state index in [1.807, 2.05) is 0 Å². The standard InChI is InChI=1S/C12H26/c1-7-9-10(3)11(8-2)12(4,5)6/h10-11H,7-9H2,1-6H3. The highest BCUT2D eigenvalue weighted by molar-refractivity contribution is 4.77. The van der Waals surface area contributed by atoms with Gasteiger partial charge in [0, 0.05) is 0 Å². The van der Waals surface area contributed by atoms with E-state index in [-0.39, 0.29) is 0 Å². The van der Waals surface area contributed by atoms with Crippen molar-refractivity contribution in [3.63, 3.8) is 0 Å². The summed E-state index contributed by atoms with van der Waals surface area (Å²) in [6.07, 6.45) is 4.04. The first-order chi connectivity index (χ1) is 5.43. The highest BCUT2D eigenvalue weighted by Crippen LogP contribution is 2.36. The van der Waals surface area contributed by atoms with Gasteiger partial charge in [-0.2, -0.15) is 0 Å². The molecule has 2 atom stereocenters. The molecule has 0 heterocycles. The van der Waals surface area contributed by atoms with Gasteiger partial charge in [0.05, 0.1) is 0 Å². The third kappa shape index (κ3) is 3.60. The van der Waals surface area contributed by atoms with Crippen molar-refractivity contribution in [1.29, 1.82) is 0 Å². The summed E-state index contributed by atoms with van der Waals surface area (Å²) in [5, 5.41) is 0. The van der Waals surface area contributed by atoms with E-state index in [1.54, 1.807) is 0 Å². The molecule has 0 saturated heterocycles. The fourth-order valence-electron chi connectivity index (χ4n) is 2.52. The molecule has 0 aromatic carbocycles. The van der Waals surface area contributed by atoms with Gasteiger partial charge in [-0.05, 0) is 17.3 Å². The van der Waals surface area contributed by atoms with E-state index in [9.17, 15) is 0 Å². The lowest BCUT2D eigenvalue weighted by Gasteiger charge is -2.34. The Bertz CT molecular complexity index is 108. The molecule has 0 aromatic rings. The van der Waals surface area contributed by atoms with Crippen molar-refractivity contribution in [3.05, 3.63) is 0 Å². The van der Waals surface area contributed by atoms with Crippen LogP contribution in [-0.2, 0) is 0 Å². The molecule has 0 amide bonds. The molecule has 0 fully saturated rings. The highest BCUT2D eigenvalue weighted by Gasteiger charge is 2.27. The second-order valence-electron chi connectivity index (χ2n) is 5.15. The molecule has 0 aromatic heterocycles. The second-order valence-corrected chi connectivity index (χ2v) is 5.15. The topological polar surface area (TPSA) is 0 Å². The Labute approximate surface area is 78.8 Å². The van der Waals surface area contributed by atoms with Crippen LogP contribution in [0.4, 0.5) is 0 Å². The van der Waals surface area contributed by atoms with Gasteiger partial charge < -0.3 is 0 Å². The van der Waals surface area contributed by atoms with Gasteiger partial charge in [-0.3, -0.25) is 0 Å². The van der Waals surface area contributed by atoms with Crippen molar-refractivity contribution in [2.45, 2.75) is 60.8 Å². The largest absolute Gasteiger partial charge is 0.0654 e. The van der Waals surface area contributed by atoms with Crippen LogP contribution in [0.15, 0.2) is 0 Å². The lowest BCUT2D eigenvalue weighted by molar-refractivity contribution is 0.154. The molecule has 0 rings (SSSR count). The van der Waals surface area contributed by atoms with E-state index in [2.05, 4.69) is 41.5 Å². The molecule has 0 aliphatic rings. The van der Waals surface area contributed by atoms with E-state index >= 15 is 0 Å². The summed E-state index contributed by atoms with van der Waals surface area (Å²) < 4.78 is 0. The zero-order valence-corrected chi connectivity index (χ0v) is 9.78. The van der Waals surface area contributed by atoms with E-state index in [4.69, 9.17) is 0 Å². The predicted octanol–water partition coefficient (Wildman–Crippen LogP) is 4.49. The number of rotatable bonds is 4. The Balaban J connectivity index is 4.14. The molecule has 0 bridgehead atoms. The van der Waals surface area contributed by atoms with Gasteiger partial charge in [0.15, 0.2) is 0 Å². The summed E-state index contributed by atoms with van der Waals surface area (Å²) >= 11 is 0. The molecular formula is C12H26. The van der Waals surface area contributed by atoms with Gasteiger partial charge in [0.2, 0.25) is 0 Å². The Morgan fingerprint density at radius 1 is 1.08 bits per heavy atom. The summed E-state index contributed by atoms with van der Waals surface area (Å²) in [7, 11) is 0. The Hall–Kier alpha value is 0. The normalized spacial score (nSPS) is 17.5. The minimum absolute atomic E-state index is 0.489. The molecule has 0 aliphatic carbocycles. The Morgan fingerprint density at radius 3 is 1.83 bits per heavy atom. The first-order valence-corrected chi connectivity index (χ1v) is 5.43. The van der Waals surface area contributed by atoms with Gasteiger partial charge in [0.1, 0.15) is 0 Å². The van der Waals surface area contributed by atoms with E-state index in [1.165, 1.54) is 19.3 Å². The van der Waals surface area contributed by atoms with Gasteiger partial charge in [-0.25, -0.2) is 0 Å². The molecule has 74 valence electrons. The monoisotopic (exact) mass is 170 g/mol. The lowest BCUT2D eigenvalue weighted by atomic mass is 9.71. The van der Waals surface area contributed by atoms with Crippen LogP contribution in [0.1, 0.15) is 60.8 Å². The van der Waals surface area contributed by atoms with E-state index in [0.29, 0.717) is 5.41 Å². The summed E-state index contributed by atoms with van der Waals surface area (Å²) in [6, 6.07) is 0. The SMILES string of the molecule is CCCC(C)C(CC)C(C)(C)C. The maximum atomic E-state index is 2.41. The molecule has 0 aliphatic heterocycles. The van der Waals surface area contributed by atoms with Crippen LogP contribution < -0.4 is 0 Å². The quantitative estimate of drug-likeness (QED) is 0.583. The van der Waals surface area contributed by atoms with Crippen molar-refractivity contribution in [2.75, 3.05) is 0 Å². The minimum atomic E-state index is 0.489. The minimum Gasteiger partial charge on any atom is -0.0654 e. The van der Waals surface area contributed by atoms with Crippen LogP contribution in [0.25, 0.3) is 0 Å². The summed E-state index contributed by atoms with van der Waals surface area (Å²) in [4.78, 5) is 0. The number of hydrogen-bond acceptors (Lipinski definition) is 0. The molecule has 0 radical (unpaired) electrons. The molecule has 12 heavy (non-hydrogen) atoms. The number of hydrogen-bond donors (Lipinski definition) is 0. The third-order valence-electron chi connectivity index (χ3n) is 2.98. The molecule has 0 spiro atoms. The Morgan fingerprint density at radius 2 is 1.58 bits per heavy atom. The lowest BCUT2D eigenvalue weighted by Crippen LogP contribution is -2.26. The molecule has 0 N–H and O–H groups in total. The zero-order valence-electron chi connectivity index (χ0n) is 9.78. The zero-order chi connectivity index (χ0) is 9.78. The van der Waals surface area contributed by atoms with Crippen molar-refractivity contribution in [2.24, 2.45) is 17.3 Å². The fourth-order valence-corrected chi connectivity index (χ4v) is 2.52. The van der Waals surface area contributed by atoms with Gasteiger partial charge in [-0.1, -0.05) is 60.8 Å². The van der Waals surface area contributed by atoms with Gasteiger partial charge in [-0.15, -0.1) is 0 Å². The van der Waals surface area contributed by atoms with Crippen LogP contribution in [0.2, 0.25) is 0 Å². The molecule has 2 unspecified atom stereocenters. The highest BCUT2D eigenvalue weighted by atomic mass is 14.3. The van der Waals surface area contributed by atoms with Gasteiger partial charge in [0.25, 0.3) is 0 Å². The summed E-state index contributed by atoms with van der Waals surface area (Å²) in [5.41, 5.74) is 0.489. The third-order valence-corrected chi connectivity index (χ3v) is 2.98. The first kappa shape index (κ1) is 12.0. The summed E-state index contributed by atoms with van der Waals surface area (Å²) in [6.45, 7) is 14.1. The van der Waals surface area contributed by atoms with Crippen LogP contribution in [0.5, 0.6) is 0 Å². The summed E-state index contributed by atoms with van der Waals surface area (Å²) in [5.74, 6) is 1.78. The second kappa shape index (κ2) is 4.89. The predicted molar refractivity (Wildman–Crippen MR) is 57.3 cm³/mol. The molecular weight excluding hydrogens is 144 g/mol. The maximum Gasteiger partial charge on any atom is -0.0342 e. The fraction of sp³-hybridized carbons (Fsp3) is 1.00. The molecule has 0 nitrogen and oxygen atoms in total. The van der Waals surface area contributed by atoms with E-state index < -0.39 is 0 Å². The van der Waals surface area contributed by atoms with Crippen LogP contribution >= 0.6 is 0 Å². The first-order valence-electron chi connectivity index (χ1n) is 5.43. The van der Waals surface area contributed by atoms with Crippen molar-refractivity contribution in [1.82, 2.24) is 0 Å². The van der Waals surface area contributed by atoms with Crippen molar-refractivity contribution < 1.29 is 0 Å². The molecule has 0 heteroatoms. The van der Waals surface area contributed by atoms with Gasteiger partial charge >= 0.3 is 0 Å². The maximum absolute atomic E-state index is 2.41. The van der Waals surface area contributed by atoms with Crippen LogP contribution in [0, 0.1) is 17.3 Å². The smallest absolute Gasteiger partial charge is 0.0342 e. The van der Waals surface area contributed by atoms with E-state index in [0.717, 1.165) is 11.8 Å². The Kier molecular flexibility index (Phi) is 4.89. The molecule has 0 saturated carbocycles. The van der Waals surface area contributed by atoms with Crippen LogP contribution in [-0.4, -0.2) is 0 Å². The van der Waals surface area contributed by atoms with Crippen molar-refractivity contribution in [3.8, 4) is 0 Å². The van der Waals surface area contributed by atoms with Crippen LogP contribution in [0.3, 0.4) is 0 Å². The van der Waals surface area contributed by atoms with Crippen molar-refractivity contribution >= 4 is 0 Å². The average molecular weight is 170 g/mol.